The molecule has 4 aliphatic rings. The van der Waals surface area contributed by atoms with Gasteiger partial charge in [-0.3, -0.25) is 0 Å². The molecule has 6 aromatic rings. The average Bonchev–Trinajstić information content (AvgIpc) is 3.49. The minimum Gasteiger partial charge on any atom is -0.465 e. The van der Waals surface area contributed by atoms with Crippen LogP contribution in [0, 0.1) is 0 Å². The fourth-order valence-corrected chi connectivity index (χ4v) is 9.23. The Kier molecular flexibility index (Phi) is 8.53. The van der Waals surface area contributed by atoms with Crippen molar-refractivity contribution < 1.29 is 19.1 Å². The topological polar surface area (TPSA) is 52.6 Å². The summed E-state index contributed by atoms with van der Waals surface area (Å²) in [6.45, 7) is 0. The number of esters is 2. The van der Waals surface area contributed by atoms with Gasteiger partial charge < -0.3 is 9.47 Å². The third-order valence-corrected chi connectivity index (χ3v) is 11.4. The summed E-state index contributed by atoms with van der Waals surface area (Å²) in [5.41, 5.74) is 12.2. The van der Waals surface area contributed by atoms with Gasteiger partial charge in [0.05, 0.1) is 25.3 Å². The maximum Gasteiger partial charge on any atom is 0.339 e. The molecule has 0 aliphatic heterocycles. The van der Waals surface area contributed by atoms with Gasteiger partial charge in [0.2, 0.25) is 0 Å². The molecule has 0 spiro atoms. The SMILES string of the molecule is COC(=O)c1c2cccccc-2c2c3c4cccccc-4c(C(=O)OC)c3c3c(-c4ccccc4)c(-c4ccccc4)c(-c4ccccc4)c(-c4ccccc4)c3c12. The van der Waals surface area contributed by atoms with E-state index in [1.807, 2.05) is 72.8 Å². The number of methoxy groups -OCH3 is 2. The van der Waals surface area contributed by atoms with Crippen molar-refractivity contribution in [2.24, 2.45) is 0 Å². The molecule has 0 aromatic heterocycles. The van der Waals surface area contributed by atoms with Gasteiger partial charge in [0.1, 0.15) is 0 Å². The smallest absolute Gasteiger partial charge is 0.339 e. The van der Waals surface area contributed by atoms with Gasteiger partial charge in [-0.2, -0.15) is 0 Å². The van der Waals surface area contributed by atoms with Crippen molar-refractivity contribution in [1.82, 2.24) is 0 Å². The number of fused-ring (bicyclic) bond motifs is 10. The van der Waals surface area contributed by atoms with Crippen LogP contribution in [0.3, 0.4) is 0 Å². The Labute approximate surface area is 336 Å². The van der Waals surface area contributed by atoms with Crippen LogP contribution in [0.15, 0.2) is 182 Å². The molecule has 0 atom stereocenters. The molecule has 4 aliphatic carbocycles. The molecule has 58 heavy (non-hydrogen) atoms. The lowest BCUT2D eigenvalue weighted by Gasteiger charge is -2.26. The van der Waals surface area contributed by atoms with Crippen LogP contribution in [-0.2, 0) is 9.47 Å². The van der Waals surface area contributed by atoms with Gasteiger partial charge in [-0.15, -0.1) is 0 Å². The summed E-state index contributed by atoms with van der Waals surface area (Å²) in [6.07, 6.45) is 0. The summed E-state index contributed by atoms with van der Waals surface area (Å²) in [4.78, 5) is 29.2. The number of ether oxygens (including phenoxy) is 2. The summed E-state index contributed by atoms with van der Waals surface area (Å²) in [7, 11) is 2.89. The first-order valence-corrected chi connectivity index (χ1v) is 19.3. The molecule has 10 rings (SSSR count). The van der Waals surface area contributed by atoms with E-state index in [0.29, 0.717) is 11.1 Å². The molecule has 0 saturated carbocycles. The second-order valence-corrected chi connectivity index (χ2v) is 14.4. The van der Waals surface area contributed by atoms with Gasteiger partial charge in [0, 0.05) is 21.5 Å². The number of hydrogen-bond acceptors (Lipinski definition) is 4. The van der Waals surface area contributed by atoms with Crippen molar-refractivity contribution in [1.29, 1.82) is 0 Å². The Morgan fingerprint density at radius 1 is 0.293 bits per heavy atom. The highest BCUT2D eigenvalue weighted by Gasteiger charge is 2.36. The van der Waals surface area contributed by atoms with Crippen molar-refractivity contribution in [2.45, 2.75) is 0 Å². The Balaban J connectivity index is 1.70. The Morgan fingerprint density at radius 2 is 0.552 bits per heavy atom. The maximum atomic E-state index is 14.6. The summed E-state index contributed by atoms with van der Waals surface area (Å²) < 4.78 is 11.4. The van der Waals surface area contributed by atoms with Crippen molar-refractivity contribution in [3.63, 3.8) is 0 Å². The van der Waals surface area contributed by atoms with E-state index in [1.165, 1.54) is 14.2 Å². The van der Waals surface area contributed by atoms with Crippen LogP contribution in [0.1, 0.15) is 20.7 Å². The van der Waals surface area contributed by atoms with Crippen molar-refractivity contribution in [2.75, 3.05) is 14.2 Å². The van der Waals surface area contributed by atoms with Crippen molar-refractivity contribution >= 4 is 44.3 Å². The zero-order valence-electron chi connectivity index (χ0n) is 32.0. The van der Waals surface area contributed by atoms with E-state index in [4.69, 9.17) is 9.47 Å². The standard InChI is InChI=1S/C54H36O4/c1-57-53(55)47-39-31-19-7-17-29-37(39)45-46-38-30-18-8-20-32-40(38)48(54(56)58-2)52(46)50-44(36-27-15-6-16-28-36)42(34-23-11-4-12-24-34)41(33-21-9-3-10-22-33)43(49(50)51(45)47)35-25-13-5-14-26-35/h3-32H,1-2H3. The Bertz CT molecular complexity index is 2920. The van der Waals surface area contributed by atoms with Gasteiger partial charge in [-0.25, -0.2) is 9.59 Å². The monoisotopic (exact) mass is 748 g/mol. The zero-order chi connectivity index (χ0) is 39.3. The molecule has 0 heterocycles. The summed E-state index contributed by atoms with van der Waals surface area (Å²) in [6, 6.07) is 61.8. The molecule has 0 unspecified atom stereocenters. The lowest BCUT2D eigenvalue weighted by molar-refractivity contribution is 0.0595. The van der Waals surface area contributed by atoms with Crippen LogP contribution in [0.4, 0.5) is 0 Å². The van der Waals surface area contributed by atoms with E-state index in [9.17, 15) is 9.59 Å². The van der Waals surface area contributed by atoms with Crippen molar-refractivity contribution in [3.8, 4) is 66.8 Å². The van der Waals surface area contributed by atoms with E-state index in [1.54, 1.807) is 0 Å². The lowest BCUT2D eigenvalue weighted by Crippen LogP contribution is -2.04. The summed E-state index contributed by atoms with van der Waals surface area (Å²) in [5, 5.41) is 5.02. The predicted octanol–water partition coefficient (Wildman–Crippen LogP) is 13.6. The first-order valence-electron chi connectivity index (χ1n) is 19.3. The highest BCUT2D eigenvalue weighted by Crippen LogP contribution is 2.60. The van der Waals surface area contributed by atoms with E-state index in [0.717, 1.165) is 99.1 Å². The Hall–Kier alpha value is -7.56. The Morgan fingerprint density at radius 3 is 0.845 bits per heavy atom. The van der Waals surface area contributed by atoms with Crippen LogP contribution in [0.5, 0.6) is 0 Å². The fourth-order valence-electron chi connectivity index (χ4n) is 9.23. The van der Waals surface area contributed by atoms with E-state index in [-0.39, 0.29) is 0 Å². The minimum atomic E-state index is -0.435. The minimum absolute atomic E-state index is 0.435. The maximum absolute atomic E-state index is 14.6. The highest BCUT2D eigenvalue weighted by molar-refractivity contribution is 6.45. The van der Waals surface area contributed by atoms with Crippen LogP contribution in [0.2, 0.25) is 0 Å². The number of carbonyl (C=O) groups is 2. The van der Waals surface area contributed by atoms with E-state index in [2.05, 4.69) is 109 Å². The lowest BCUT2D eigenvalue weighted by atomic mass is 9.76. The largest absolute Gasteiger partial charge is 0.465 e. The fraction of sp³-hybridized carbons (Fsp3) is 0.0370. The molecule has 276 valence electrons. The second-order valence-electron chi connectivity index (χ2n) is 14.4. The normalized spacial score (nSPS) is 11.4. The van der Waals surface area contributed by atoms with Crippen LogP contribution in [0.25, 0.3) is 99.1 Å². The third kappa shape index (κ3) is 5.23. The first-order chi connectivity index (χ1) is 28.6. The molecule has 0 fully saturated rings. The molecule has 0 saturated heterocycles. The van der Waals surface area contributed by atoms with Gasteiger partial charge in [-0.1, -0.05) is 182 Å². The molecule has 6 aromatic carbocycles. The molecular weight excluding hydrogens is 713 g/mol. The zero-order valence-corrected chi connectivity index (χ0v) is 32.0. The van der Waals surface area contributed by atoms with Crippen LogP contribution in [-0.4, -0.2) is 26.2 Å². The molecule has 0 amide bonds. The summed E-state index contributed by atoms with van der Waals surface area (Å²) >= 11 is 0. The summed E-state index contributed by atoms with van der Waals surface area (Å²) in [5.74, 6) is -0.870. The molecule has 4 nitrogen and oxygen atoms in total. The van der Waals surface area contributed by atoms with E-state index < -0.39 is 11.9 Å². The van der Waals surface area contributed by atoms with Gasteiger partial charge >= 0.3 is 11.9 Å². The highest BCUT2D eigenvalue weighted by atomic mass is 16.5. The van der Waals surface area contributed by atoms with E-state index >= 15 is 0 Å². The molecular formula is C54H36O4. The van der Waals surface area contributed by atoms with Crippen molar-refractivity contribution in [3.05, 3.63) is 193 Å². The number of carbonyl (C=O) groups excluding carboxylic acids is 2. The molecule has 0 radical (unpaired) electrons. The second kappa shape index (κ2) is 14.2. The number of benzene rings is 6. The number of hydrogen-bond donors (Lipinski definition) is 0. The van der Waals surface area contributed by atoms with Crippen LogP contribution < -0.4 is 0 Å². The first kappa shape index (κ1) is 34.9. The van der Waals surface area contributed by atoms with Gasteiger partial charge in [0.25, 0.3) is 0 Å². The number of rotatable bonds is 6. The molecule has 4 heteroatoms. The van der Waals surface area contributed by atoms with Gasteiger partial charge in [0.15, 0.2) is 0 Å². The predicted molar refractivity (Wildman–Crippen MR) is 237 cm³/mol. The molecule has 0 bridgehead atoms. The van der Waals surface area contributed by atoms with Crippen LogP contribution >= 0.6 is 0 Å². The quantitative estimate of drug-likeness (QED) is 0.159. The molecule has 0 N–H and O–H groups in total. The third-order valence-electron chi connectivity index (χ3n) is 11.4. The van der Waals surface area contributed by atoms with Gasteiger partial charge in [-0.05, 0) is 77.5 Å². The average molecular weight is 749 g/mol.